The van der Waals surface area contributed by atoms with Crippen molar-refractivity contribution in [2.75, 3.05) is 33.2 Å². The summed E-state index contributed by atoms with van der Waals surface area (Å²) in [5.41, 5.74) is 0.837. The summed E-state index contributed by atoms with van der Waals surface area (Å²) in [6.45, 7) is 3.63. The smallest absolute Gasteiger partial charge is 0.125 e. The van der Waals surface area contributed by atoms with Crippen LogP contribution in [0.1, 0.15) is 11.6 Å². The van der Waals surface area contributed by atoms with Gasteiger partial charge in [0.15, 0.2) is 0 Å². The molecular weight excluding hydrogens is 297 g/mol. The number of rotatable bonds is 2. The molecule has 1 saturated heterocycles. The predicted molar refractivity (Wildman–Crippen MR) is 71.5 cm³/mol. The average Bonchev–Trinajstić information content (AvgIpc) is 2.35. The van der Waals surface area contributed by atoms with Crippen LogP contribution in [0, 0.1) is 17.1 Å². The number of benzene rings is 1. The highest BCUT2D eigenvalue weighted by Crippen LogP contribution is 2.28. The van der Waals surface area contributed by atoms with Gasteiger partial charge < -0.3 is 4.90 Å². The Morgan fingerprint density at radius 3 is 2.56 bits per heavy atom. The summed E-state index contributed by atoms with van der Waals surface area (Å²) in [4.78, 5) is 4.38. The molecule has 2 rings (SSSR count). The third-order valence-corrected chi connectivity index (χ3v) is 3.97. The normalized spacial score (nSPS) is 19.4. The molecule has 0 amide bonds. The van der Waals surface area contributed by atoms with Crippen LogP contribution in [-0.2, 0) is 0 Å². The highest BCUT2D eigenvalue weighted by Gasteiger charge is 2.25. The fraction of sp³-hybridized carbons (Fsp3) is 0.462. The Hall–Kier alpha value is -0.960. The van der Waals surface area contributed by atoms with E-state index in [1.807, 2.05) is 0 Å². The van der Waals surface area contributed by atoms with Crippen molar-refractivity contribution >= 4 is 15.9 Å². The quantitative estimate of drug-likeness (QED) is 0.840. The number of nitrogens with zero attached hydrogens (tertiary/aromatic N) is 3. The molecule has 1 aromatic rings. The molecule has 96 valence electrons. The van der Waals surface area contributed by atoms with Gasteiger partial charge in [0, 0.05) is 30.7 Å². The minimum atomic E-state index is -0.311. The predicted octanol–water partition coefficient (Wildman–Crippen LogP) is 2.40. The zero-order chi connectivity index (χ0) is 13.1. The van der Waals surface area contributed by atoms with Crippen molar-refractivity contribution in [3.63, 3.8) is 0 Å². The summed E-state index contributed by atoms with van der Waals surface area (Å²) in [6, 6.07) is 6.51. The first-order valence-electron chi connectivity index (χ1n) is 5.89. The molecule has 1 heterocycles. The Balaban J connectivity index is 2.21. The lowest BCUT2D eigenvalue weighted by Crippen LogP contribution is -2.45. The van der Waals surface area contributed by atoms with Crippen LogP contribution in [0.15, 0.2) is 22.7 Å². The molecule has 18 heavy (non-hydrogen) atoms. The van der Waals surface area contributed by atoms with E-state index in [9.17, 15) is 9.65 Å². The Bertz CT molecular complexity index is 464. The number of hydrogen-bond donors (Lipinski definition) is 0. The highest BCUT2D eigenvalue weighted by molar-refractivity contribution is 9.10. The van der Waals surface area contributed by atoms with Crippen molar-refractivity contribution in [3.05, 3.63) is 34.1 Å². The zero-order valence-corrected chi connectivity index (χ0v) is 11.8. The first kappa shape index (κ1) is 13.5. The van der Waals surface area contributed by atoms with Crippen LogP contribution in [0.3, 0.4) is 0 Å². The number of halogens is 2. The Labute approximate surface area is 115 Å². The van der Waals surface area contributed by atoms with E-state index in [0.29, 0.717) is 4.47 Å². The standard InChI is InChI=1S/C13H15BrFN3/c1-17-4-6-18(7-5-17)13(9-16)11-3-2-10(15)8-12(11)14/h2-3,8,13H,4-7H2,1H3. The lowest BCUT2D eigenvalue weighted by Gasteiger charge is -2.35. The van der Waals surface area contributed by atoms with Crippen molar-refractivity contribution in [2.24, 2.45) is 0 Å². The zero-order valence-electron chi connectivity index (χ0n) is 10.2. The largest absolute Gasteiger partial charge is 0.304 e. The molecule has 1 atom stereocenters. The summed E-state index contributed by atoms with van der Waals surface area (Å²) < 4.78 is 13.7. The van der Waals surface area contributed by atoms with Gasteiger partial charge in [-0.1, -0.05) is 22.0 Å². The Kier molecular flexibility index (Phi) is 4.33. The Morgan fingerprint density at radius 2 is 2.00 bits per heavy atom. The summed E-state index contributed by atoms with van der Waals surface area (Å²) in [6.07, 6.45) is 0. The summed E-state index contributed by atoms with van der Waals surface area (Å²) >= 11 is 3.34. The minimum absolute atomic E-state index is 0.291. The van der Waals surface area contributed by atoms with Crippen molar-refractivity contribution in [1.29, 1.82) is 5.26 Å². The van der Waals surface area contributed by atoms with Gasteiger partial charge >= 0.3 is 0 Å². The van der Waals surface area contributed by atoms with E-state index < -0.39 is 0 Å². The fourth-order valence-electron chi connectivity index (χ4n) is 2.15. The second kappa shape index (κ2) is 5.79. The molecule has 1 unspecified atom stereocenters. The maximum atomic E-state index is 13.1. The van der Waals surface area contributed by atoms with Crippen LogP contribution in [0.4, 0.5) is 4.39 Å². The summed E-state index contributed by atoms with van der Waals surface area (Å²) in [5, 5.41) is 9.37. The molecule has 0 bridgehead atoms. The minimum Gasteiger partial charge on any atom is -0.304 e. The molecule has 3 nitrogen and oxygen atoms in total. The first-order chi connectivity index (χ1) is 8.61. The van der Waals surface area contributed by atoms with Gasteiger partial charge in [0.1, 0.15) is 11.9 Å². The van der Waals surface area contributed by atoms with E-state index in [-0.39, 0.29) is 11.9 Å². The topological polar surface area (TPSA) is 30.3 Å². The lowest BCUT2D eigenvalue weighted by atomic mass is 10.1. The van der Waals surface area contributed by atoms with Gasteiger partial charge in [0.05, 0.1) is 6.07 Å². The second-order valence-corrected chi connectivity index (χ2v) is 5.39. The maximum Gasteiger partial charge on any atom is 0.125 e. The molecule has 0 radical (unpaired) electrons. The number of piperazine rings is 1. The molecule has 0 N–H and O–H groups in total. The molecule has 5 heteroatoms. The van der Waals surface area contributed by atoms with Crippen molar-refractivity contribution in [1.82, 2.24) is 9.80 Å². The molecule has 1 aromatic carbocycles. The molecule has 1 aliphatic heterocycles. The maximum absolute atomic E-state index is 13.1. The number of nitriles is 1. The van der Waals surface area contributed by atoms with Gasteiger partial charge in [-0.3, -0.25) is 4.90 Å². The van der Waals surface area contributed by atoms with Crippen LogP contribution < -0.4 is 0 Å². The van der Waals surface area contributed by atoms with Crippen molar-refractivity contribution < 1.29 is 4.39 Å². The third kappa shape index (κ3) is 2.89. The molecule has 1 aliphatic rings. The van der Waals surface area contributed by atoms with E-state index in [1.165, 1.54) is 12.1 Å². The van der Waals surface area contributed by atoms with Crippen LogP contribution in [0.25, 0.3) is 0 Å². The van der Waals surface area contributed by atoms with E-state index >= 15 is 0 Å². The summed E-state index contributed by atoms with van der Waals surface area (Å²) in [5.74, 6) is -0.291. The number of likely N-dealkylation sites (N-methyl/N-ethyl adjacent to an activating group) is 1. The van der Waals surface area contributed by atoms with Crippen molar-refractivity contribution in [2.45, 2.75) is 6.04 Å². The SMILES string of the molecule is CN1CCN(C(C#N)c2ccc(F)cc2Br)CC1. The van der Waals surface area contributed by atoms with Crippen LogP contribution >= 0.6 is 15.9 Å². The van der Waals surface area contributed by atoms with Gasteiger partial charge in [0.2, 0.25) is 0 Å². The molecular formula is C13H15BrFN3. The van der Waals surface area contributed by atoms with Crippen LogP contribution in [0.5, 0.6) is 0 Å². The van der Waals surface area contributed by atoms with Gasteiger partial charge in [-0.05, 0) is 24.7 Å². The molecule has 0 aromatic heterocycles. The van der Waals surface area contributed by atoms with Gasteiger partial charge in [0.25, 0.3) is 0 Å². The second-order valence-electron chi connectivity index (χ2n) is 4.54. The Morgan fingerprint density at radius 1 is 1.33 bits per heavy atom. The average molecular weight is 312 g/mol. The van der Waals surface area contributed by atoms with Gasteiger partial charge in [-0.15, -0.1) is 0 Å². The van der Waals surface area contributed by atoms with E-state index in [0.717, 1.165) is 31.7 Å². The summed E-state index contributed by atoms with van der Waals surface area (Å²) in [7, 11) is 2.08. The fourth-order valence-corrected chi connectivity index (χ4v) is 2.72. The number of hydrogen-bond acceptors (Lipinski definition) is 3. The molecule has 0 aliphatic carbocycles. The van der Waals surface area contributed by atoms with Gasteiger partial charge in [-0.2, -0.15) is 5.26 Å². The van der Waals surface area contributed by atoms with E-state index in [2.05, 4.69) is 38.8 Å². The molecule has 1 fully saturated rings. The first-order valence-corrected chi connectivity index (χ1v) is 6.68. The van der Waals surface area contributed by atoms with E-state index in [4.69, 9.17) is 0 Å². The molecule has 0 spiro atoms. The van der Waals surface area contributed by atoms with Crippen LogP contribution in [0.2, 0.25) is 0 Å². The van der Waals surface area contributed by atoms with Gasteiger partial charge in [-0.25, -0.2) is 4.39 Å². The highest BCUT2D eigenvalue weighted by atomic mass is 79.9. The van der Waals surface area contributed by atoms with E-state index in [1.54, 1.807) is 6.07 Å². The van der Waals surface area contributed by atoms with Crippen molar-refractivity contribution in [3.8, 4) is 6.07 Å². The van der Waals surface area contributed by atoms with Crippen LogP contribution in [-0.4, -0.2) is 43.0 Å². The monoisotopic (exact) mass is 311 g/mol. The lowest BCUT2D eigenvalue weighted by molar-refractivity contribution is 0.132. The molecule has 0 saturated carbocycles. The third-order valence-electron chi connectivity index (χ3n) is 3.28.